The summed E-state index contributed by atoms with van der Waals surface area (Å²) in [6.45, 7) is 10.2. The van der Waals surface area contributed by atoms with Crippen LogP contribution < -0.4 is 15.6 Å². The zero-order valence-corrected chi connectivity index (χ0v) is 16.8. The van der Waals surface area contributed by atoms with Gasteiger partial charge in [0, 0.05) is 17.2 Å². The molecule has 1 heterocycles. The quantitative estimate of drug-likeness (QED) is 0.736. The van der Waals surface area contributed by atoms with Gasteiger partial charge in [-0.2, -0.15) is 0 Å². The van der Waals surface area contributed by atoms with Crippen LogP contribution in [0.4, 0.5) is 5.69 Å². The second-order valence-electron chi connectivity index (χ2n) is 6.75. The van der Waals surface area contributed by atoms with E-state index in [-0.39, 0.29) is 17.4 Å². The maximum Gasteiger partial charge on any atom is 0.254 e. The van der Waals surface area contributed by atoms with Crippen molar-refractivity contribution in [3.8, 4) is 17.1 Å². The van der Waals surface area contributed by atoms with Gasteiger partial charge in [-0.25, -0.2) is 4.98 Å². The molecule has 0 unspecified atom stereocenters. The number of aromatic nitrogens is 2. The maximum absolute atomic E-state index is 12.5. The topological polar surface area (TPSA) is 84.1 Å². The zero-order chi connectivity index (χ0) is 20.0. The molecule has 2 N–H and O–H groups in total. The van der Waals surface area contributed by atoms with E-state index in [1.54, 1.807) is 18.2 Å². The number of hydrogen-bond donors (Lipinski definition) is 2. The average molecular weight is 371 g/mol. The molecule has 6 nitrogen and oxygen atoms in total. The van der Waals surface area contributed by atoms with Crippen molar-refractivity contribution < 1.29 is 9.53 Å². The number of aryl methyl sites for hydroxylation is 1. The van der Waals surface area contributed by atoms with Gasteiger partial charge < -0.3 is 15.0 Å². The van der Waals surface area contributed by atoms with Crippen LogP contribution in [0.3, 0.4) is 0 Å². The van der Waals surface area contributed by atoms with Crippen molar-refractivity contribution >= 4 is 11.6 Å². The van der Waals surface area contributed by atoms with Crippen LogP contribution in [0.15, 0.2) is 23.0 Å². The van der Waals surface area contributed by atoms with Gasteiger partial charge in [-0.05, 0) is 37.5 Å². The summed E-state index contributed by atoms with van der Waals surface area (Å²) in [6.07, 6.45) is 2.18. The Morgan fingerprint density at radius 2 is 1.96 bits per heavy atom. The molecule has 0 atom stereocenters. The molecule has 0 spiro atoms. The summed E-state index contributed by atoms with van der Waals surface area (Å²) in [7, 11) is 0. The standard InChI is InChI=1S/C21H29N3O3/c1-6-11-27-18-10-9-14(22-20(25)13(4)5)12-16(18)19-23-17(8-3)15(7-2)21(26)24-19/h9-10,12-13H,6-8,11H2,1-5H3,(H,22,25)(H,23,24,26). The van der Waals surface area contributed by atoms with E-state index >= 15 is 0 Å². The molecule has 6 heteroatoms. The molecule has 0 saturated heterocycles. The van der Waals surface area contributed by atoms with Crippen LogP contribution in [0.25, 0.3) is 11.4 Å². The van der Waals surface area contributed by atoms with Crippen LogP contribution in [-0.2, 0) is 17.6 Å². The van der Waals surface area contributed by atoms with Gasteiger partial charge in [0.25, 0.3) is 5.56 Å². The molecule has 1 aromatic heterocycles. The highest BCUT2D eigenvalue weighted by atomic mass is 16.5. The summed E-state index contributed by atoms with van der Waals surface area (Å²) in [5.41, 5.74) is 2.68. The van der Waals surface area contributed by atoms with Gasteiger partial charge >= 0.3 is 0 Å². The Bertz CT molecular complexity index is 856. The van der Waals surface area contributed by atoms with Crippen molar-refractivity contribution in [2.75, 3.05) is 11.9 Å². The van der Waals surface area contributed by atoms with E-state index in [9.17, 15) is 9.59 Å². The number of carbonyl (C=O) groups excluding carboxylic acids is 1. The SMILES string of the molecule is CCCOc1ccc(NC(=O)C(C)C)cc1-c1nc(CC)c(CC)c(=O)[nH]1. The van der Waals surface area contributed by atoms with Crippen molar-refractivity contribution in [3.63, 3.8) is 0 Å². The van der Waals surface area contributed by atoms with Crippen molar-refractivity contribution in [3.05, 3.63) is 39.8 Å². The number of nitrogens with zero attached hydrogens (tertiary/aromatic N) is 1. The monoisotopic (exact) mass is 371 g/mol. The Morgan fingerprint density at radius 3 is 2.56 bits per heavy atom. The largest absolute Gasteiger partial charge is 0.493 e. The lowest BCUT2D eigenvalue weighted by Crippen LogP contribution is -2.19. The molecular weight excluding hydrogens is 342 g/mol. The van der Waals surface area contributed by atoms with E-state index in [0.717, 1.165) is 12.1 Å². The van der Waals surface area contributed by atoms with Gasteiger partial charge in [0.1, 0.15) is 11.6 Å². The Morgan fingerprint density at radius 1 is 1.22 bits per heavy atom. The van der Waals surface area contributed by atoms with Gasteiger partial charge in [-0.3, -0.25) is 9.59 Å². The summed E-state index contributed by atoms with van der Waals surface area (Å²) < 4.78 is 5.84. The molecule has 2 aromatic rings. The van der Waals surface area contributed by atoms with Crippen LogP contribution in [0.5, 0.6) is 5.75 Å². The number of nitrogens with one attached hydrogen (secondary N) is 2. The van der Waals surface area contributed by atoms with Gasteiger partial charge in [-0.1, -0.05) is 34.6 Å². The van der Waals surface area contributed by atoms with Crippen molar-refractivity contribution in [1.82, 2.24) is 9.97 Å². The lowest BCUT2D eigenvalue weighted by molar-refractivity contribution is -0.118. The minimum absolute atomic E-state index is 0.0693. The smallest absolute Gasteiger partial charge is 0.254 e. The molecule has 0 saturated carbocycles. The van der Waals surface area contributed by atoms with Crippen LogP contribution in [0, 0.1) is 5.92 Å². The number of H-pyrrole nitrogens is 1. The van der Waals surface area contributed by atoms with Crippen LogP contribution in [0.2, 0.25) is 0 Å². The Hall–Kier alpha value is -2.63. The molecule has 27 heavy (non-hydrogen) atoms. The minimum atomic E-state index is -0.127. The molecule has 0 aliphatic carbocycles. The number of carbonyl (C=O) groups is 1. The predicted molar refractivity (Wildman–Crippen MR) is 108 cm³/mol. The van der Waals surface area contributed by atoms with E-state index < -0.39 is 0 Å². The van der Waals surface area contributed by atoms with Gasteiger partial charge in [0.15, 0.2) is 0 Å². The van der Waals surface area contributed by atoms with Crippen LogP contribution >= 0.6 is 0 Å². The first-order valence-electron chi connectivity index (χ1n) is 9.61. The third kappa shape index (κ3) is 4.96. The summed E-state index contributed by atoms with van der Waals surface area (Å²) in [4.78, 5) is 32.1. The number of anilines is 1. The molecule has 0 radical (unpaired) electrons. The van der Waals surface area contributed by atoms with Crippen LogP contribution in [-0.4, -0.2) is 22.5 Å². The predicted octanol–water partition coefficient (Wildman–Crippen LogP) is 3.95. The average Bonchev–Trinajstić information content (AvgIpc) is 2.65. The first kappa shape index (κ1) is 20.7. The van der Waals surface area contributed by atoms with Gasteiger partial charge in [0.2, 0.25) is 5.91 Å². The van der Waals surface area contributed by atoms with Gasteiger partial charge in [0.05, 0.1) is 17.9 Å². The second-order valence-corrected chi connectivity index (χ2v) is 6.75. The lowest BCUT2D eigenvalue weighted by atomic mass is 10.1. The fourth-order valence-corrected chi connectivity index (χ4v) is 2.75. The number of hydrogen-bond acceptors (Lipinski definition) is 4. The van der Waals surface area contributed by atoms with E-state index in [4.69, 9.17) is 4.74 Å². The minimum Gasteiger partial charge on any atom is -0.493 e. The molecule has 0 bridgehead atoms. The number of amides is 1. The maximum atomic E-state index is 12.5. The molecule has 2 rings (SSSR count). The molecular formula is C21H29N3O3. The molecule has 0 aliphatic rings. The van der Waals surface area contributed by atoms with E-state index in [1.165, 1.54) is 0 Å². The van der Waals surface area contributed by atoms with Crippen LogP contribution in [0.1, 0.15) is 52.3 Å². The number of aromatic amines is 1. The zero-order valence-electron chi connectivity index (χ0n) is 16.8. The third-order valence-electron chi connectivity index (χ3n) is 4.28. The Kier molecular flexibility index (Phi) is 7.16. The fourth-order valence-electron chi connectivity index (χ4n) is 2.75. The molecule has 0 aliphatic heterocycles. The number of rotatable bonds is 8. The van der Waals surface area contributed by atoms with Crippen molar-refractivity contribution in [1.29, 1.82) is 0 Å². The second kappa shape index (κ2) is 9.35. The third-order valence-corrected chi connectivity index (χ3v) is 4.28. The highest BCUT2D eigenvalue weighted by molar-refractivity contribution is 5.93. The Labute approximate surface area is 160 Å². The highest BCUT2D eigenvalue weighted by Gasteiger charge is 2.16. The lowest BCUT2D eigenvalue weighted by Gasteiger charge is -2.15. The fraction of sp³-hybridized carbons (Fsp3) is 0.476. The van der Waals surface area contributed by atoms with Crippen molar-refractivity contribution in [2.45, 2.75) is 53.9 Å². The molecule has 1 amide bonds. The molecule has 0 fully saturated rings. The number of ether oxygens (including phenoxy) is 1. The van der Waals surface area contributed by atoms with Gasteiger partial charge in [-0.15, -0.1) is 0 Å². The summed E-state index contributed by atoms with van der Waals surface area (Å²) in [5, 5.41) is 2.89. The summed E-state index contributed by atoms with van der Waals surface area (Å²) in [5.74, 6) is 0.896. The first-order valence-corrected chi connectivity index (χ1v) is 9.61. The van der Waals surface area contributed by atoms with E-state index in [0.29, 0.717) is 47.8 Å². The summed E-state index contributed by atoms with van der Waals surface area (Å²) in [6, 6.07) is 5.41. The van der Waals surface area contributed by atoms with E-state index in [1.807, 2.05) is 34.6 Å². The molecule has 1 aromatic carbocycles. The van der Waals surface area contributed by atoms with E-state index in [2.05, 4.69) is 15.3 Å². The highest BCUT2D eigenvalue weighted by Crippen LogP contribution is 2.31. The summed E-state index contributed by atoms with van der Waals surface area (Å²) >= 11 is 0. The molecule has 146 valence electrons. The normalized spacial score (nSPS) is 10.9. The Balaban J connectivity index is 2.55. The first-order chi connectivity index (χ1) is 12.9. The number of benzene rings is 1. The van der Waals surface area contributed by atoms with Crippen molar-refractivity contribution in [2.24, 2.45) is 5.92 Å².